The maximum absolute atomic E-state index is 13.4. The molecule has 4 nitrogen and oxygen atoms in total. The zero-order valence-corrected chi connectivity index (χ0v) is 15.1. The van der Waals surface area contributed by atoms with Gasteiger partial charge in [0.2, 0.25) is 12.7 Å². The van der Waals surface area contributed by atoms with Crippen molar-refractivity contribution in [3.8, 4) is 11.5 Å². The maximum atomic E-state index is 13.4. The van der Waals surface area contributed by atoms with Gasteiger partial charge < -0.3 is 14.4 Å². The fourth-order valence-electron chi connectivity index (χ4n) is 4.63. The first-order valence-electron chi connectivity index (χ1n) is 9.57. The van der Waals surface area contributed by atoms with Crippen LogP contribution < -0.4 is 9.47 Å². The molecular weight excluding hydrogens is 314 g/mol. The molecule has 3 aliphatic rings. The molecule has 134 valence electrons. The molecule has 0 radical (unpaired) electrons. The summed E-state index contributed by atoms with van der Waals surface area (Å²) < 4.78 is 10.9. The molecule has 1 saturated carbocycles. The third-order valence-electron chi connectivity index (χ3n) is 6.05. The van der Waals surface area contributed by atoms with Gasteiger partial charge in [-0.25, -0.2) is 0 Å². The van der Waals surface area contributed by atoms with E-state index >= 15 is 0 Å². The van der Waals surface area contributed by atoms with Gasteiger partial charge in [-0.1, -0.05) is 32.1 Å². The third kappa shape index (κ3) is 3.03. The summed E-state index contributed by atoms with van der Waals surface area (Å²) in [7, 11) is 0. The van der Waals surface area contributed by atoms with Gasteiger partial charge >= 0.3 is 0 Å². The number of amides is 1. The van der Waals surface area contributed by atoms with Crippen molar-refractivity contribution < 1.29 is 14.3 Å². The first-order valence-corrected chi connectivity index (χ1v) is 9.57. The van der Waals surface area contributed by atoms with Crippen LogP contribution in [0.5, 0.6) is 11.5 Å². The Morgan fingerprint density at radius 3 is 2.64 bits per heavy atom. The second-order valence-corrected chi connectivity index (χ2v) is 7.51. The second kappa shape index (κ2) is 6.74. The average molecular weight is 341 g/mol. The standard InChI is InChI=1S/C21H27NO3/c1-3-17(4-2)22(21(23)18-10-14-5-7-16(18)9-14)12-15-6-8-19-20(11-15)25-13-24-19/h5-8,11,14,16-18H,3-4,9-10,12-13H2,1-2H3/t14-,16+,18-/m0/s1. The maximum Gasteiger partial charge on any atom is 0.231 e. The van der Waals surface area contributed by atoms with Gasteiger partial charge in [-0.2, -0.15) is 0 Å². The van der Waals surface area contributed by atoms with E-state index in [-0.39, 0.29) is 12.7 Å². The summed E-state index contributed by atoms with van der Waals surface area (Å²) in [6.45, 7) is 5.29. The molecule has 0 saturated heterocycles. The van der Waals surface area contributed by atoms with Gasteiger partial charge in [0.05, 0.1) is 0 Å². The SMILES string of the molecule is CCC(CC)N(Cc1ccc2c(c1)OCO2)C(=O)[C@H]1C[C@H]2C=C[C@@H]1C2. The molecule has 1 aliphatic heterocycles. The summed E-state index contributed by atoms with van der Waals surface area (Å²) in [6.07, 6.45) is 8.73. The van der Waals surface area contributed by atoms with Crippen molar-refractivity contribution >= 4 is 5.91 Å². The predicted molar refractivity (Wildman–Crippen MR) is 96.3 cm³/mol. The molecule has 1 fully saturated rings. The Morgan fingerprint density at radius 2 is 1.96 bits per heavy atom. The number of carbonyl (C=O) groups is 1. The molecule has 2 bridgehead atoms. The number of allylic oxidation sites excluding steroid dienone is 2. The number of nitrogens with zero attached hydrogens (tertiary/aromatic N) is 1. The molecule has 2 aliphatic carbocycles. The Kier molecular flexibility index (Phi) is 4.45. The van der Waals surface area contributed by atoms with E-state index in [0.29, 0.717) is 30.3 Å². The van der Waals surface area contributed by atoms with Crippen molar-refractivity contribution in [3.63, 3.8) is 0 Å². The fraction of sp³-hybridized carbons (Fsp3) is 0.571. The van der Waals surface area contributed by atoms with E-state index in [0.717, 1.165) is 42.7 Å². The lowest BCUT2D eigenvalue weighted by atomic mass is 9.91. The lowest BCUT2D eigenvalue weighted by Gasteiger charge is -2.34. The van der Waals surface area contributed by atoms with Crippen LogP contribution in [0.25, 0.3) is 0 Å². The average Bonchev–Trinajstić information content (AvgIpc) is 3.37. The molecular formula is C21H27NO3. The highest BCUT2D eigenvalue weighted by atomic mass is 16.7. The molecule has 1 amide bonds. The summed E-state index contributed by atoms with van der Waals surface area (Å²) in [5.41, 5.74) is 1.11. The number of carbonyl (C=O) groups excluding carboxylic acids is 1. The number of hydrogen-bond donors (Lipinski definition) is 0. The van der Waals surface area contributed by atoms with Gasteiger partial charge in [0.1, 0.15) is 0 Å². The van der Waals surface area contributed by atoms with Crippen molar-refractivity contribution in [1.82, 2.24) is 4.90 Å². The van der Waals surface area contributed by atoms with Crippen molar-refractivity contribution in [2.24, 2.45) is 17.8 Å². The Balaban J connectivity index is 1.55. The molecule has 1 heterocycles. The quantitative estimate of drug-likeness (QED) is 0.730. The van der Waals surface area contributed by atoms with E-state index in [1.807, 2.05) is 12.1 Å². The second-order valence-electron chi connectivity index (χ2n) is 7.51. The molecule has 4 rings (SSSR count). The summed E-state index contributed by atoms with van der Waals surface area (Å²) in [5, 5.41) is 0. The van der Waals surface area contributed by atoms with Gasteiger partial charge in [-0.3, -0.25) is 4.79 Å². The Hall–Kier alpha value is -1.97. The summed E-state index contributed by atoms with van der Waals surface area (Å²) in [4.78, 5) is 15.5. The summed E-state index contributed by atoms with van der Waals surface area (Å²) >= 11 is 0. The minimum absolute atomic E-state index is 0.171. The van der Waals surface area contributed by atoms with Crippen molar-refractivity contribution in [2.75, 3.05) is 6.79 Å². The van der Waals surface area contributed by atoms with E-state index in [2.05, 4.69) is 37.0 Å². The Labute approximate surface area is 149 Å². The number of benzene rings is 1. The normalized spacial score (nSPS) is 25.8. The lowest BCUT2D eigenvalue weighted by molar-refractivity contribution is -0.139. The highest BCUT2D eigenvalue weighted by Gasteiger charge is 2.42. The van der Waals surface area contributed by atoms with Crippen LogP contribution in [0, 0.1) is 17.8 Å². The molecule has 0 spiro atoms. The fourth-order valence-corrected chi connectivity index (χ4v) is 4.63. The van der Waals surface area contributed by atoms with Crippen LogP contribution in [-0.2, 0) is 11.3 Å². The van der Waals surface area contributed by atoms with E-state index < -0.39 is 0 Å². The van der Waals surface area contributed by atoms with Gasteiger partial charge in [0.25, 0.3) is 0 Å². The van der Waals surface area contributed by atoms with Crippen LogP contribution >= 0.6 is 0 Å². The number of hydrogen-bond acceptors (Lipinski definition) is 3. The van der Waals surface area contributed by atoms with E-state index in [4.69, 9.17) is 9.47 Å². The third-order valence-corrected chi connectivity index (χ3v) is 6.05. The lowest BCUT2D eigenvalue weighted by Crippen LogP contribution is -2.43. The smallest absolute Gasteiger partial charge is 0.231 e. The summed E-state index contributed by atoms with van der Waals surface area (Å²) in [6, 6.07) is 6.32. The van der Waals surface area contributed by atoms with Gasteiger partial charge in [0.15, 0.2) is 11.5 Å². The molecule has 1 aromatic rings. The molecule has 3 atom stereocenters. The largest absolute Gasteiger partial charge is 0.454 e. The predicted octanol–water partition coefficient (Wildman–Crippen LogP) is 4.14. The van der Waals surface area contributed by atoms with Crippen LogP contribution in [0.4, 0.5) is 0 Å². The van der Waals surface area contributed by atoms with Gasteiger partial charge in [-0.15, -0.1) is 0 Å². The van der Waals surface area contributed by atoms with Crippen LogP contribution in [-0.4, -0.2) is 23.6 Å². The molecule has 0 unspecified atom stereocenters. The number of fused-ring (bicyclic) bond motifs is 3. The number of ether oxygens (including phenoxy) is 2. The monoisotopic (exact) mass is 341 g/mol. The number of rotatable bonds is 6. The van der Waals surface area contributed by atoms with E-state index in [9.17, 15) is 4.79 Å². The highest BCUT2D eigenvalue weighted by Crippen LogP contribution is 2.44. The molecule has 0 N–H and O–H groups in total. The zero-order valence-electron chi connectivity index (χ0n) is 15.1. The van der Waals surface area contributed by atoms with Crippen LogP contribution in [0.1, 0.15) is 45.1 Å². The zero-order chi connectivity index (χ0) is 17.4. The van der Waals surface area contributed by atoms with Crippen LogP contribution in [0.15, 0.2) is 30.4 Å². The molecule has 25 heavy (non-hydrogen) atoms. The summed E-state index contributed by atoms with van der Waals surface area (Å²) in [5.74, 6) is 3.16. The minimum Gasteiger partial charge on any atom is -0.454 e. The minimum atomic E-state index is 0.171. The highest BCUT2D eigenvalue weighted by molar-refractivity contribution is 5.80. The van der Waals surface area contributed by atoms with Gasteiger partial charge in [0, 0.05) is 18.5 Å². The van der Waals surface area contributed by atoms with Crippen LogP contribution in [0.3, 0.4) is 0 Å². The Bertz CT molecular complexity index is 680. The van der Waals surface area contributed by atoms with E-state index in [1.54, 1.807) is 0 Å². The topological polar surface area (TPSA) is 38.8 Å². The molecule has 4 heteroatoms. The van der Waals surface area contributed by atoms with Gasteiger partial charge in [-0.05, 0) is 55.2 Å². The molecule has 1 aromatic carbocycles. The van der Waals surface area contributed by atoms with Crippen molar-refractivity contribution in [3.05, 3.63) is 35.9 Å². The molecule has 0 aromatic heterocycles. The first kappa shape index (κ1) is 16.5. The van der Waals surface area contributed by atoms with Crippen LogP contribution in [0.2, 0.25) is 0 Å². The van der Waals surface area contributed by atoms with Crippen molar-refractivity contribution in [2.45, 2.75) is 52.1 Å². The first-order chi connectivity index (χ1) is 12.2. The van der Waals surface area contributed by atoms with E-state index in [1.165, 1.54) is 0 Å². The van der Waals surface area contributed by atoms with Crippen molar-refractivity contribution in [1.29, 1.82) is 0 Å². The Morgan fingerprint density at radius 1 is 1.16 bits per heavy atom.